The Morgan fingerprint density at radius 3 is 2.77 bits per heavy atom. The molecule has 0 saturated carbocycles. The van der Waals surface area contributed by atoms with E-state index in [9.17, 15) is 8.78 Å². The fourth-order valence-corrected chi connectivity index (χ4v) is 3.47. The average Bonchev–Trinajstić information content (AvgIpc) is 3.33. The fraction of sp³-hybridized carbons (Fsp3) is 0.333. The lowest BCUT2D eigenvalue weighted by molar-refractivity contribution is -0.0505. The number of hydrogen-bond acceptors (Lipinski definition) is 5. The zero-order valence-electron chi connectivity index (χ0n) is 17.2. The third-order valence-corrected chi connectivity index (χ3v) is 4.91. The molecule has 0 aliphatic carbocycles. The Morgan fingerprint density at radius 1 is 1.23 bits per heavy atom. The zero-order valence-corrected chi connectivity index (χ0v) is 17.2. The smallest absolute Gasteiger partial charge is 0.387 e. The summed E-state index contributed by atoms with van der Waals surface area (Å²) in [6.07, 6.45) is 0. The first-order valence-corrected chi connectivity index (χ1v) is 9.79. The Morgan fingerprint density at radius 2 is 2.00 bits per heavy atom. The number of halogens is 2. The Balaban J connectivity index is 1.38. The maximum Gasteiger partial charge on any atom is 0.387 e. The molecule has 2 aromatic carbocycles. The number of alkyl halides is 2. The number of benzene rings is 2. The molecular weight excluding hydrogens is 408 g/mol. The first-order valence-electron chi connectivity index (χ1n) is 9.79. The molecule has 0 atom stereocenters. The van der Waals surface area contributed by atoms with Crippen LogP contribution < -0.4 is 24.8 Å². The molecule has 8 nitrogen and oxygen atoms in total. The molecule has 3 aromatic rings. The number of guanidine groups is 1. The van der Waals surface area contributed by atoms with E-state index in [1.165, 1.54) is 6.07 Å². The minimum absolute atomic E-state index is 0.0303. The van der Waals surface area contributed by atoms with Gasteiger partial charge in [-0.05, 0) is 25.1 Å². The summed E-state index contributed by atoms with van der Waals surface area (Å²) in [6.45, 7) is 0.582. The summed E-state index contributed by atoms with van der Waals surface area (Å²) >= 11 is 0. The van der Waals surface area contributed by atoms with Crippen LogP contribution in [0.15, 0.2) is 41.4 Å². The van der Waals surface area contributed by atoms with E-state index >= 15 is 0 Å². The standard InChI is InChI=1S/C21H23F2N5O3/c1-13-27-15-5-3-4-6-16(15)28(13)8-7-25-21(24-2)26-11-14-9-18-19(30-12-29-18)10-17(14)31-20(22)23/h3-6,9-10,20H,7-8,11-12H2,1-2H3,(H2,24,25,26). The van der Waals surface area contributed by atoms with Gasteiger partial charge in [-0.2, -0.15) is 8.78 Å². The van der Waals surface area contributed by atoms with Crippen molar-refractivity contribution in [3.63, 3.8) is 0 Å². The summed E-state index contributed by atoms with van der Waals surface area (Å²) in [5, 5.41) is 6.34. The van der Waals surface area contributed by atoms with Gasteiger partial charge >= 0.3 is 6.61 Å². The summed E-state index contributed by atoms with van der Waals surface area (Å²) < 4.78 is 43.0. The minimum atomic E-state index is -2.94. The summed E-state index contributed by atoms with van der Waals surface area (Å²) in [7, 11) is 1.64. The largest absolute Gasteiger partial charge is 0.454 e. The molecule has 0 saturated heterocycles. The molecule has 0 spiro atoms. The highest BCUT2D eigenvalue weighted by molar-refractivity contribution is 5.80. The van der Waals surface area contributed by atoms with Crippen molar-refractivity contribution in [1.82, 2.24) is 20.2 Å². The highest BCUT2D eigenvalue weighted by atomic mass is 19.3. The van der Waals surface area contributed by atoms with Crippen molar-refractivity contribution in [2.45, 2.75) is 26.6 Å². The molecule has 2 N–H and O–H groups in total. The molecule has 4 rings (SSSR count). The highest BCUT2D eigenvalue weighted by Crippen LogP contribution is 2.38. The van der Waals surface area contributed by atoms with Crippen molar-refractivity contribution >= 4 is 17.0 Å². The second-order valence-electron chi connectivity index (χ2n) is 6.84. The lowest BCUT2D eigenvalue weighted by atomic mass is 10.1. The van der Waals surface area contributed by atoms with Crippen molar-refractivity contribution in [3.05, 3.63) is 47.8 Å². The molecule has 0 amide bonds. The van der Waals surface area contributed by atoms with Crippen LogP contribution in [0.5, 0.6) is 17.2 Å². The molecule has 0 fully saturated rings. The summed E-state index contributed by atoms with van der Waals surface area (Å²) in [6, 6.07) is 11.0. The average molecular weight is 431 g/mol. The third kappa shape index (κ3) is 4.62. The lowest BCUT2D eigenvalue weighted by Crippen LogP contribution is -2.38. The van der Waals surface area contributed by atoms with Crippen LogP contribution in [0.3, 0.4) is 0 Å². The molecule has 0 radical (unpaired) electrons. The van der Waals surface area contributed by atoms with E-state index in [1.807, 2.05) is 31.2 Å². The van der Waals surface area contributed by atoms with E-state index in [0.717, 1.165) is 16.9 Å². The Bertz CT molecular complexity index is 1100. The summed E-state index contributed by atoms with van der Waals surface area (Å²) in [5.41, 5.74) is 2.53. The number of nitrogens with zero attached hydrogens (tertiary/aromatic N) is 3. The molecular formula is C21H23F2N5O3. The second-order valence-corrected chi connectivity index (χ2v) is 6.84. The maximum absolute atomic E-state index is 12.8. The highest BCUT2D eigenvalue weighted by Gasteiger charge is 2.20. The van der Waals surface area contributed by atoms with E-state index in [2.05, 4.69) is 29.9 Å². The Labute approximate surface area is 177 Å². The first-order chi connectivity index (χ1) is 15.0. The van der Waals surface area contributed by atoms with Crippen molar-refractivity contribution in [1.29, 1.82) is 0 Å². The van der Waals surface area contributed by atoms with Crippen molar-refractivity contribution in [2.75, 3.05) is 20.4 Å². The van der Waals surface area contributed by atoms with Crippen LogP contribution in [0.2, 0.25) is 0 Å². The number of aliphatic imine (C=N–C) groups is 1. The molecule has 31 heavy (non-hydrogen) atoms. The minimum Gasteiger partial charge on any atom is -0.454 e. The molecule has 1 aromatic heterocycles. The van der Waals surface area contributed by atoms with Gasteiger partial charge in [-0.15, -0.1) is 0 Å². The molecule has 2 heterocycles. The fourth-order valence-electron chi connectivity index (χ4n) is 3.47. The normalized spacial score (nSPS) is 13.1. The number of nitrogens with one attached hydrogen (secondary N) is 2. The quantitative estimate of drug-likeness (QED) is 0.442. The Kier molecular flexibility index (Phi) is 6.06. The van der Waals surface area contributed by atoms with E-state index in [4.69, 9.17) is 9.47 Å². The molecule has 10 heteroatoms. The number of fused-ring (bicyclic) bond motifs is 2. The van der Waals surface area contributed by atoms with Crippen LogP contribution in [-0.4, -0.2) is 42.5 Å². The van der Waals surface area contributed by atoms with Gasteiger partial charge in [0.2, 0.25) is 6.79 Å². The van der Waals surface area contributed by atoms with Gasteiger partial charge in [0.05, 0.1) is 11.0 Å². The van der Waals surface area contributed by atoms with Crippen LogP contribution in [0.25, 0.3) is 11.0 Å². The molecule has 1 aliphatic heterocycles. The first kappa shape index (κ1) is 20.7. The monoisotopic (exact) mass is 431 g/mol. The number of ether oxygens (including phenoxy) is 3. The Hall–Kier alpha value is -3.56. The van der Waals surface area contributed by atoms with Crippen molar-refractivity contribution in [2.24, 2.45) is 4.99 Å². The van der Waals surface area contributed by atoms with Crippen LogP contribution in [0.1, 0.15) is 11.4 Å². The number of hydrogen-bond donors (Lipinski definition) is 2. The molecule has 0 unspecified atom stereocenters. The van der Waals surface area contributed by atoms with E-state index in [-0.39, 0.29) is 19.1 Å². The van der Waals surface area contributed by atoms with Gasteiger partial charge in [0.25, 0.3) is 0 Å². The van der Waals surface area contributed by atoms with Crippen LogP contribution in [-0.2, 0) is 13.1 Å². The molecule has 164 valence electrons. The van der Waals surface area contributed by atoms with Gasteiger partial charge in [-0.25, -0.2) is 4.98 Å². The van der Waals surface area contributed by atoms with Gasteiger partial charge in [-0.1, -0.05) is 12.1 Å². The van der Waals surface area contributed by atoms with Crippen molar-refractivity contribution < 1.29 is 23.0 Å². The van der Waals surface area contributed by atoms with E-state index in [0.29, 0.717) is 36.1 Å². The molecule has 1 aliphatic rings. The van der Waals surface area contributed by atoms with Crippen LogP contribution in [0.4, 0.5) is 8.78 Å². The summed E-state index contributed by atoms with van der Waals surface area (Å²) in [5.74, 6) is 2.36. The van der Waals surface area contributed by atoms with Gasteiger partial charge in [0.1, 0.15) is 11.6 Å². The van der Waals surface area contributed by atoms with Gasteiger partial charge in [0, 0.05) is 38.3 Å². The lowest BCUT2D eigenvalue weighted by Gasteiger charge is -2.16. The third-order valence-electron chi connectivity index (χ3n) is 4.91. The van der Waals surface area contributed by atoms with Gasteiger partial charge < -0.3 is 29.4 Å². The van der Waals surface area contributed by atoms with Gasteiger partial charge in [-0.3, -0.25) is 4.99 Å². The second kappa shape index (κ2) is 9.07. The maximum atomic E-state index is 12.8. The van der Waals surface area contributed by atoms with E-state index < -0.39 is 6.61 Å². The molecule has 0 bridgehead atoms. The zero-order chi connectivity index (χ0) is 21.8. The van der Waals surface area contributed by atoms with Gasteiger partial charge in [0.15, 0.2) is 17.5 Å². The number of aromatic nitrogens is 2. The number of rotatable bonds is 7. The van der Waals surface area contributed by atoms with Crippen LogP contribution in [0, 0.1) is 6.92 Å². The van der Waals surface area contributed by atoms with E-state index in [1.54, 1.807) is 13.1 Å². The number of para-hydroxylation sites is 2. The number of aryl methyl sites for hydroxylation is 1. The number of imidazole rings is 1. The van der Waals surface area contributed by atoms with Crippen LogP contribution >= 0.6 is 0 Å². The van der Waals surface area contributed by atoms with Crippen molar-refractivity contribution in [3.8, 4) is 17.2 Å². The SMILES string of the molecule is CN=C(NCCn1c(C)nc2ccccc21)NCc1cc2c(cc1OC(F)F)OCO2. The predicted octanol–water partition coefficient (Wildman–Crippen LogP) is 3.04. The predicted molar refractivity (Wildman–Crippen MR) is 112 cm³/mol. The summed E-state index contributed by atoms with van der Waals surface area (Å²) in [4.78, 5) is 8.76. The topological polar surface area (TPSA) is 81.9 Å².